The lowest BCUT2D eigenvalue weighted by Gasteiger charge is -2.22. The van der Waals surface area contributed by atoms with E-state index in [0.29, 0.717) is 11.4 Å². The predicted octanol–water partition coefficient (Wildman–Crippen LogP) is 2.33. The van der Waals surface area contributed by atoms with Crippen molar-refractivity contribution in [1.29, 1.82) is 0 Å². The van der Waals surface area contributed by atoms with Crippen molar-refractivity contribution in [2.75, 3.05) is 7.11 Å². The number of benzene rings is 1. The smallest absolute Gasteiger partial charge is 0.262 e. The van der Waals surface area contributed by atoms with Crippen LogP contribution in [0.3, 0.4) is 0 Å². The van der Waals surface area contributed by atoms with Gasteiger partial charge in [-0.2, -0.15) is 4.98 Å². The van der Waals surface area contributed by atoms with E-state index in [9.17, 15) is 9.90 Å². The Bertz CT molecular complexity index is 690. The summed E-state index contributed by atoms with van der Waals surface area (Å²) < 4.78 is 5.26. The van der Waals surface area contributed by atoms with Crippen LogP contribution in [-0.2, 0) is 10.3 Å². The molecule has 0 bridgehead atoms. The zero-order valence-corrected chi connectivity index (χ0v) is 12.0. The number of hydrogen-bond donors (Lipinski definition) is 2. The summed E-state index contributed by atoms with van der Waals surface area (Å²) in [5, 5.41) is 10.1. The average Bonchev–Trinajstić information content (AvgIpc) is 2.40. The number of nitrogens with zero attached hydrogens (tertiary/aromatic N) is 1. The molecule has 0 aliphatic carbocycles. The second-order valence-corrected chi connectivity index (χ2v) is 5.14. The summed E-state index contributed by atoms with van der Waals surface area (Å²) in [6, 6.07) is 7.35. The van der Waals surface area contributed by atoms with E-state index in [1.165, 1.54) is 7.11 Å². The molecule has 1 aromatic carbocycles. The molecule has 0 aliphatic rings. The van der Waals surface area contributed by atoms with Crippen LogP contribution in [0, 0.1) is 6.92 Å². The minimum Gasteiger partial charge on any atom is -0.493 e. The number of ether oxygens (including phenoxy) is 1. The van der Waals surface area contributed by atoms with Gasteiger partial charge in [-0.25, -0.2) is 0 Å². The van der Waals surface area contributed by atoms with Gasteiger partial charge in [-0.05, 0) is 31.9 Å². The van der Waals surface area contributed by atoms with E-state index in [4.69, 9.17) is 4.74 Å². The van der Waals surface area contributed by atoms with Gasteiger partial charge in [0.25, 0.3) is 5.56 Å². The van der Waals surface area contributed by atoms with Crippen LogP contribution in [0.15, 0.2) is 29.1 Å². The zero-order chi connectivity index (χ0) is 14.9. The molecule has 0 atom stereocenters. The van der Waals surface area contributed by atoms with Gasteiger partial charge < -0.3 is 14.8 Å². The van der Waals surface area contributed by atoms with Crippen molar-refractivity contribution in [2.24, 2.45) is 0 Å². The molecular weight excluding hydrogens is 256 g/mol. The normalized spacial score (nSPS) is 11.6. The molecule has 0 amide bonds. The molecule has 0 spiro atoms. The Hall–Kier alpha value is -2.14. The first-order valence-electron chi connectivity index (χ1n) is 6.31. The number of aromatic hydroxyl groups is 1. The number of aromatic nitrogens is 2. The molecule has 5 nitrogen and oxygen atoms in total. The van der Waals surface area contributed by atoms with Gasteiger partial charge in [0.15, 0.2) is 0 Å². The monoisotopic (exact) mass is 274 g/mol. The van der Waals surface area contributed by atoms with Gasteiger partial charge in [-0.1, -0.05) is 24.3 Å². The molecule has 0 aliphatic heterocycles. The van der Waals surface area contributed by atoms with E-state index < -0.39 is 5.60 Å². The molecule has 0 saturated heterocycles. The van der Waals surface area contributed by atoms with Crippen LogP contribution in [0.25, 0.3) is 11.1 Å². The highest BCUT2D eigenvalue weighted by Gasteiger charge is 2.25. The highest BCUT2D eigenvalue weighted by atomic mass is 16.5. The van der Waals surface area contributed by atoms with Gasteiger partial charge in [-0.15, -0.1) is 0 Å². The topological polar surface area (TPSA) is 75.2 Å². The van der Waals surface area contributed by atoms with E-state index >= 15 is 0 Å². The van der Waals surface area contributed by atoms with Crippen LogP contribution in [0.5, 0.6) is 5.88 Å². The van der Waals surface area contributed by atoms with Crippen LogP contribution in [-0.4, -0.2) is 22.2 Å². The quantitative estimate of drug-likeness (QED) is 0.900. The lowest BCUT2D eigenvalue weighted by Crippen LogP contribution is -2.27. The fraction of sp³-hybridized carbons (Fsp3) is 0.333. The average molecular weight is 274 g/mol. The maximum absolute atomic E-state index is 12.3. The van der Waals surface area contributed by atoms with Crippen LogP contribution in [0.1, 0.15) is 25.2 Å². The van der Waals surface area contributed by atoms with Crippen molar-refractivity contribution >= 4 is 0 Å². The van der Waals surface area contributed by atoms with Crippen LogP contribution >= 0.6 is 0 Å². The van der Waals surface area contributed by atoms with Gasteiger partial charge in [-0.3, -0.25) is 4.79 Å². The highest BCUT2D eigenvalue weighted by molar-refractivity contribution is 5.70. The third-order valence-corrected chi connectivity index (χ3v) is 3.40. The summed E-state index contributed by atoms with van der Waals surface area (Å²) in [7, 11) is 1.52. The third kappa shape index (κ3) is 2.44. The number of aryl methyl sites for hydroxylation is 1. The molecule has 1 heterocycles. The van der Waals surface area contributed by atoms with E-state index in [1.54, 1.807) is 19.9 Å². The molecular formula is C15H18N2O3. The molecule has 2 N–H and O–H groups in total. The van der Waals surface area contributed by atoms with Gasteiger partial charge in [0, 0.05) is 7.11 Å². The fourth-order valence-electron chi connectivity index (χ4n) is 1.94. The SMILES string of the molecule is COC(C)(C)c1nc(O)c(-c2ccccc2C)c(=O)[nH]1. The second kappa shape index (κ2) is 5.09. The Kier molecular flexibility index (Phi) is 3.63. The molecule has 106 valence electrons. The highest BCUT2D eigenvalue weighted by Crippen LogP contribution is 2.28. The maximum atomic E-state index is 12.3. The number of methoxy groups -OCH3 is 1. The number of H-pyrrole nitrogens is 1. The second-order valence-electron chi connectivity index (χ2n) is 5.14. The van der Waals surface area contributed by atoms with E-state index in [0.717, 1.165) is 5.56 Å². The Morgan fingerprint density at radius 3 is 2.50 bits per heavy atom. The minimum atomic E-state index is -0.777. The molecule has 2 rings (SSSR count). The van der Waals surface area contributed by atoms with Crippen LogP contribution in [0.2, 0.25) is 0 Å². The predicted molar refractivity (Wildman–Crippen MR) is 76.7 cm³/mol. The largest absolute Gasteiger partial charge is 0.493 e. The van der Waals surface area contributed by atoms with Gasteiger partial charge in [0.05, 0.1) is 0 Å². The van der Waals surface area contributed by atoms with Crippen molar-refractivity contribution < 1.29 is 9.84 Å². The first-order valence-corrected chi connectivity index (χ1v) is 6.31. The maximum Gasteiger partial charge on any atom is 0.262 e. The molecule has 20 heavy (non-hydrogen) atoms. The molecule has 2 aromatic rings. The molecule has 1 aromatic heterocycles. The summed E-state index contributed by atoms with van der Waals surface area (Å²) in [6.45, 7) is 5.40. The summed E-state index contributed by atoms with van der Waals surface area (Å²) in [5.41, 5.74) is 0.584. The van der Waals surface area contributed by atoms with E-state index in [-0.39, 0.29) is 17.0 Å². The zero-order valence-electron chi connectivity index (χ0n) is 12.0. The van der Waals surface area contributed by atoms with Crippen molar-refractivity contribution in [2.45, 2.75) is 26.4 Å². The first kappa shape index (κ1) is 14.3. The third-order valence-electron chi connectivity index (χ3n) is 3.40. The number of hydrogen-bond acceptors (Lipinski definition) is 4. The Labute approximate surface area is 117 Å². The van der Waals surface area contributed by atoms with Crippen molar-refractivity contribution in [3.8, 4) is 17.0 Å². The van der Waals surface area contributed by atoms with Crippen molar-refractivity contribution in [1.82, 2.24) is 9.97 Å². The first-order chi connectivity index (χ1) is 9.36. The summed E-state index contributed by atoms with van der Waals surface area (Å²) >= 11 is 0. The van der Waals surface area contributed by atoms with Crippen LogP contribution in [0.4, 0.5) is 0 Å². The minimum absolute atomic E-state index is 0.179. The fourth-order valence-corrected chi connectivity index (χ4v) is 1.94. The Balaban J connectivity index is 2.65. The molecule has 0 unspecified atom stereocenters. The van der Waals surface area contributed by atoms with Gasteiger partial charge in [0.1, 0.15) is 17.0 Å². The number of rotatable bonds is 3. The summed E-state index contributed by atoms with van der Waals surface area (Å²) in [5.74, 6) is 0.00279. The van der Waals surface area contributed by atoms with Crippen molar-refractivity contribution in [3.05, 3.63) is 46.0 Å². The molecule has 5 heteroatoms. The van der Waals surface area contributed by atoms with Gasteiger partial charge in [0.2, 0.25) is 5.88 Å². The lowest BCUT2D eigenvalue weighted by atomic mass is 10.0. The number of aromatic amines is 1. The summed E-state index contributed by atoms with van der Waals surface area (Å²) in [4.78, 5) is 19.0. The number of nitrogens with one attached hydrogen (secondary N) is 1. The lowest BCUT2D eigenvalue weighted by molar-refractivity contribution is 0.0108. The van der Waals surface area contributed by atoms with Crippen molar-refractivity contribution in [3.63, 3.8) is 0 Å². The molecule has 0 radical (unpaired) electrons. The molecule has 0 fully saturated rings. The van der Waals surface area contributed by atoms with E-state index in [2.05, 4.69) is 9.97 Å². The summed E-state index contributed by atoms with van der Waals surface area (Å²) in [6.07, 6.45) is 0. The Morgan fingerprint density at radius 2 is 1.95 bits per heavy atom. The van der Waals surface area contributed by atoms with Gasteiger partial charge >= 0.3 is 0 Å². The molecule has 0 saturated carbocycles. The van der Waals surface area contributed by atoms with E-state index in [1.807, 2.05) is 25.1 Å². The standard InChI is InChI=1S/C15H18N2O3/c1-9-7-5-6-8-10(9)11-12(18)16-14(17-13(11)19)15(2,3)20-4/h5-8H,1-4H3,(H2,16,17,18,19). The Morgan fingerprint density at radius 1 is 1.30 bits per heavy atom. The van der Waals surface area contributed by atoms with Crippen LogP contribution < -0.4 is 5.56 Å².